The third kappa shape index (κ3) is 3.76. The zero-order valence-corrected chi connectivity index (χ0v) is 12.1. The topological polar surface area (TPSA) is 71.1 Å². The molecule has 0 aromatic heterocycles. The Kier molecular flexibility index (Phi) is 4.98. The van der Waals surface area contributed by atoms with E-state index in [1.807, 2.05) is 0 Å². The molecule has 0 N–H and O–H groups in total. The first kappa shape index (κ1) is 15.4. The summed E-state index contributed by atoms with van der Waals surface area (Å²) in [6, 6.07) is 12.6. The van der Waals surface area contributed by atoms with Crippen LogP contribution in [0.5, 0.6) is 11.5 Å². The second-order valence-electron chi connectivity index (χ2n) is 4.21. The minimum Gasteiger partial charge on any atom is -0.497 e. The largest absolute Gasteiger partial charge is 0.497 e. The molecule has 0 saturated heterocycles. The SMILES string of the molecule is COc1cccc(C(=O)OOC(=O)c2cccc(OC)c2)c1. The lowest BCUT2D eigenvalue weighted by molar-refractivity contribution is -0.187. The highest BCUT2D eigenvalue weighted by atomic mass is 17.2. The second-order valence-corrected chi connectivity index (χ2v) is 4.21. The lowest BCUT2D eigenvalue weighted by Gasteiger charge is -2.05. The minimum absolute atomic E-state index is 0.206. The average Bonchev–Trinajstić information content (AvgIpc) is 2.59. The summed E-state index contributed by atoms with van der Waals surface area (Å²) in [4.78, 5) is 32.6. The van der Waals surface area contributed by atoms with E-state index in [4.69, 9.17) is 9.47 Å². The molecule has 0 radical (unpaired) electrons. The summed E-state index contributed by atoms with van der Waals surface area (Å²) >= 11 is 0. The molecule has 0 aliphatic carbocycles. The maximum atomic E-state index is 11.8. The number of hydrogen-bond acceptors (Lipinski definition) is 6. The quantitative estimate of drug-likeness (QED) is 0.638. The Bertz CT molecular complexity index is 620. The maximum absolute atomic E-state index is 11.8. The van der Waals surface area contributed by atoms with E-state index < -0.39 is 11.9 Å². The number of hydrogen-bond donors (Lipinski definition) is 0. The van der Waals surface area contributed by atoms with Crippen LogP contribution < -0.4 is 9.47 Å². The molecule has 2 aromatic carbocycles. The Balaban J connectivity index is 1.99. The highest BCUT2D eigenvalue weighted by Gasteiger charge is 2.15. The molecule has 0 bridgehead atoms. The van der Waals surface area contributed by atoms with Crippen LogP contribution in [0.2, 0.25) is 0 Å². The summed E-state index contributed by atoms with van der Waals surface area (Å²) in [6.07, 6.45) is 0. The van der Waals surface area contributed by atoms with Crippen LogP contribution in [0.3, 0.4) is 0 Å². The van der Waals surface area contributed by atoms with Crippen LogP contribution in [-0.2, 0) is 9.78 Å². The fourth-order valence-corrected chi connectivity index (χ4v) is 1.67. The number of rotatable bonds is 4. The van der Waals surface area contributed by atoms with Crippen molar-refractivity contribution in [3.05, 3.63) is 59.7 Å². The predicted octanol–water partition coefficient (Wildman–Crippen LogP) is 2.63. The monoisotopic (exact) mass is 302 g/mol. The molecule has 0 heterocycles. The molecule has 0 unspecified atom stereocenters. The van der Waals surface area contributed by atoms with Gasteiger partial charge in [0.2, 0.25) is 0 Å². The van der Waals surface area contributed by atoms with Gasteiger partial charge in [-0.05, 0) is 36.4 Å². The number of carbonyl (C=O) groups excluding carboxylic acids is 2. The summed E-state index contributed by atoms with van der Waals surface area (Å²) < 4.78 is 9.99. The Morgan fingerprint density at radius 1 is 0.727 bits per heavy atom. The van der Waals surface area contributed by atoms with E-state index in [-0.39, 0.29) is 11.1 Å². The average molecular weight is 302 g/mol. The molecule has 0 fully saturated rings. The van der Waals surface area contributed by atoms with Crippen molar-refractivity contribution in [2.24, 2.45) is 0 Å². The van der Waals surface area contributed by atoms with Gasteiger partial charge < -0.3 is 9.47 Å². The number of carbonyl (C=O) groups is 2. The first-order chi connectivity index (χ1) is 10.6. The predicted molar refractivity (Wildman–Crippen MR) is 76.8 cm³/mol. The first-order valence-corrected chi connectivity index (χ1v) is 6.35. The fraction of sp³-hybridized carbons (Fsp3) is 0.125. The zero-order chi connectivity index (χ0) is 15.9. The molecular weight excluding hydrogens is 288 g/mol. The van der Waals surface area contributed by atoms with Crippen LogP contribution in [0, 0.1) is 0 Å². The van der Waals surface area contributed by atoms with Crippen molar-refractivity contribution in [1.82, 2.24) is 0 Å². The molecular formula is C16H14O6. The van der Waals surface area contributed by atoms with Gasteiger partial charge in [-0.2, -0.15) is 0 Å². The van der Waals surface area contributed by atoms with Gasteiger partial charge in [0, 0.05) is 0 Å². The van der Waals surface area contributed by atoms with Crippen molar-refractivity contribution in [3.63, 3.8) is 0 Å². The molecule has 0 aliphatic heterocycles. The highest BCUT2D eigenvalue weighted by molar-refractivity contribution is 5.92. The summed E-state index contributed by atoms with van der Waals surface area (Å²) in [7, 11) is 2.96. The maximum Gasteiger partial charge on any atom is 0.386 e. The Labute approximate surface area is 127 Å². The fourth-order valence-electron chi connectivity index (χ4n) is 1.67. The van der Waals surface area contributed by atoms with Gasteiger partial charge in [-0.25, -0.2) is 19.4 Å². The molecule has 0 amide bonds. The van der Waals surface area contributed by atoms with Crippen LogP contribution in [0.1, 0.15) is 20.7 Å². The summed E-state index contributed by atoms with van der Waals surface area (Å²) in [5.41, 5.74) is 0.413. The third-order valence-electron chi connectivity index (χ3n) is 2.80. The van der Waals surface area contributed by atoms with Crippen molar-refractivity contribution in [1.29, 1.82) is 0 Å². The number of methoxy groups -OCH3 is 2. The van der Waals surface area contributed by atoms with Crippen molar-refractivity contribution >= 4 is 11.9 Å². The van der Waals surface area contributed by atoms with E-state index in [0.29, 0.717) is 11.5 Å². The van der Waals surface area contributed by atoms with E-state index in [0.717, 1.165) is 0 Å². The van der Waals surface area contributed by atoms with Crippen LogP contribution in [0.15, 0.2) is 48.5 Å². The Morgan fingerprint density at radius 3 is 1.50 bits per heavy atom. The molecule has 0 spiro atoms. The standard InChI is InChI=1S/C16H14O6/c1-19-13-7-3-5-11(9-13)15(17)21-22-16(18)12-6-4-8-14(10-12)20-2/h3-10H,1-2H3. The molecule has 114 valence electrons. The van der Waals surface area contributed by atoms with Crippen molar-refractivity contribution in [2.75, 3.05) is 14.2 Å². The van der Waals surface area contributed by atoms with E-state index in [2.05, 4.69) is 9.78 Å². The van der Waals surface area contributed by atoms with Gasteiger partial charge in [0.25, 0.3) is 0 Å². The molecule has 22 heavy (non-hydrogen) atoms. The highest BCUT2D eigenvalue weighted by Crippen LogP contribution is 2.15. The molecule has 0 atom stereocenters. The molecule has 6 heteroatoms. The van der Waals surface area contributed by atoms with Gasteiger partial charge in [-0.1, -0.05) is 12.1 Å². The Hall–Kier alpha value is -3.02. The zero-order valence-electron chi connectivity index (χ0n) is 12.1. The molecule has 0 aliphatic rings. The summed E-state index contributed by atoms with van der Waals surface area (Å²) in [5.74, 6) is -0.604. The number of benzene rings is 2. The van der Waals surface area contributed by atoms with Gasteiger partial charge in [-0.3, -0.25) is 0 Å². The van der Waals surface area contributed by atoms with E-state index in [1.165, 1.54) is 38.5 Å². The van der Waals surface area contributed by atoms with E-state index in [1.54, 1.807) is 24.3 Å². The first-order valence-electron chi connectivity index (χ1n) is 6.35. The van der Waals surface area contributed by atoms with Gasteiger partial charge >= 0.3 is 11.9 Å². The van der Waals surface area contributed by atoms with Crippen LogP contribution in [0.25, 0.3) is 0 Å². The van der Waals surface area contributed by atoms with Crippen molar-refractivity contribution in [2.45, 2.75) is 0 Å². The van der Waals surface area contributed by atoms with Crippen LogP contribution in [0.4, 0.5) is 0 Å². The Morgan fingerprint density at radius 2 is 1.14 bits per heavy atom. The van der Waals surface area contributed by atoms with Crippen molar-refractivity contribution < 1.29 is 28.8 Å². The smallest absolute Gasteiger partial charge is 0.386 e. The second kappa shape index (κ2) is 7.12. The third-order valence-corrected chi connectivity index (χ3v) is 2.80. The van der Waals surface area contributed by atoms with Gasteiger partial charge in [0.1, 0.15) is 11.5 Å². The molecule has 0 saturated carbocycles. The normalized spacial score (nSPS) is 9.73. The minimum atomic E-state index is -0.796. The van der Waals surface area contributed by atoms with Gasteiger partial charge in [0.05, 0.1) is 25.3 Å². The number of ether oxygens (including phenoxy) is 2. The molecule has 2 rings (SSSR count). The van der Waals surface area contributed by atoms with Gasteiger partial charge in [0.15, 0.2) is 0 Å². The lowest BCUT2D eigenvalue weighted by atomic mass is 10.2. The summed E-state index contributed by atoms with van der Waals surface area (Å²) in [6.45, 7) is 0. The summed E-state index contributed by atoms with van der Waals surface area (Å²) in [5, 5.41) is 0. The lowest BCUT2D eigenvalue weighted by Crippen LogP contribution is -2.12. The van der Waals surface area contributed by atoms with Crippen molar-refractivity contribution in [3.8, 4) is 11.5 Å². The molecule has 2 aromatic rings. The van der Waals surface area contributed by atoms with E-state index >= 15 is 0 Å². The van der Waals surface area contributed by atoms with Crippen LogP contribution in [-0.4, -0.2) is 26.2 Å². The molecule has 6 nitrogen and oxygen atoms in total. The van der Waals surface area contributed by atoms with Gasteiger partial charge in [-0.15, -0.1) is 0 Å². The van der Waals surface area contributed by atoms with Crippen LogP contribution >= 0.6 is 0 Å². The van der Waals surface area contributed by atoms with E-state index in [9.17, 15) is 9.59 Å².